The average molecular weight is 209 g/mol. The van der Waals surface area contributed by atoms with E-state index in [1.165, 1.54) is 5.56 Å². The number of amides is 1. The van der Waals surface area contributed by atoms with Crippen LogP contribution >= 0.6 is 0 Å². The van der Waals surface area contributed by atoms with E-state index in [0.29, 0.717) is 6.61 Å². The first-order valence-electron chi connectivity index (χ1n) is 4.99. The normalized spacial score (nSPS) is 10.0. The maximum atomic E-state index is 11.2. The highest BCUT2D eigenvalue weighted by molar-refractivity contribution is 5.75. The van der Waals surface area contributed by atoms with Crippen LogP contribution in [-0.2, 0) is 9.53 Å². The summed E-state index contributed by atoms with van der Waals surface area (Å²) in [5.74, 6) is -0.127. The zero-order valence-electron chi connectivity index (χ0n) is 9.12. The number of quaternary nitrogens is 1. The van der Waals surface area contributed by atoms with Crippen LogP contribution in [0.2, 0.25) is 0 Å². The maximum absolute atomic E-state index is 11.2. The van der Waals surface area contributed by atoms with Gasteiger partial charge in [0.25, 0.3) is 5.91 Å². The molecule has 0 unspecified atom stereocenters. The quantitative estimate of drug-likeness (QED) is 0.316. The number of ether oxygens (including phenoxy) is 1. The third kappa shape index (κ3) is 4.58. The number of carbonyl (C=O) groups is 1. The first kappa shape index (κ1) is 11.7. The Labute approximate surface area is 89.6 Å². The van der Waals surface area contributed by atoms with E-state index < -0.39 is 0 Å². The summed E-state index contributed by atoms with van der Waals surface area (Å²) in [6.07, 6.45) is 0. The van der Waals surface area contributed by atoms with Gasteiger partial charge < -0.3 is 4.74 Å². The van der Waals surface area contributed by atoms with Crippen LogP contribution in [0.15, 0.2) is 24.3 Å². The van der Waals surface area contributed by atoms with Crippen LogP contribution in [0.25, 0.3) is 0 Å². The Balaban J connectivity index is 2.33. The van der Waals surface area contributed by atoms with Gasteiger partial charge in [0.2, 0.25) is 0 Å². The van der Waals surface area contributed by atoms with Crippen LogP contribution in [0.5, 0.6) is 0 Å². The minimum Gasteiger partial charge on any atom is -0.372 e. The van der Waals surface area contributed by atoms with Crippen molar-refractivity contribution >= 4 is 11.6 Å². The van der Waals surface area contributed by atoms with Crippen molar-refractivity contribution in [2.45, 2.75) is 13.8 Å². The van der Waals surface area contributed by atoms with Crippen molar-refractivity contribution in [2.24, 2.45) is 0 Å². The van der Waals surface area contributed by atoms with E-state index in [1.807, 2.05) is 38.1 Å². The van der Waals surface area contributed by atoms with E-state index in [2.05, 4.69) is 5.43 Å². The van der Waals surface area contributed by atoms with Gasteiger partial charge in [0, 0.05) is 18.7 Å². The van der Waals surface area contributed by atoms with Gasteiger partial charge in [0.05, 0.1) is 0 Å². The van der Waals surface area contributed by atoms with Crippen molar-refractivity contribution in [1.82, 2.24) is 5.43 Å². The lowest BCUT2D eigenvalue weighted by atomic mass is 10.2. The number of carbonyl (C=O) groups excluding carboxylic acids is 1. The van der Waals surface area contributed by atoms with Gasteiger partial charge in [0.1, 0.15) is 6.61 Å². The second kappa shape index (κ2) is 6.16. The number of nitrogens with two attached hydrogens (primary N) is 1. The standard InChI is InChI=1S/C11H16N2O2/c1-3-15-8-11(14)13-12-10-6-4-5-9(2)7-10/h4-7,12H,3,8H2,1-2H3,(H,13,14)/p+1. The summed E-state index contributed by atoms with van der Waals surface area (Å²) in [7, 11) is 0. The molecule has 0 aliphatic heterocycles. The molecule has 1 aromatic rings. The lowest BCUT2D eigenvalue weighted by molar-refractivity contribution is -0.620. The number of aryl methyl sites for hydroxylation is 1. The SMILES string of the molecule is CCOCC(=O)N[NH2+]c1cccc(C)c1. The third-order valence-corrected chi connectivity index (χ3v) is 1.88. The van der Waals surface area contributed by atoms with Crippen molar-refractivity contribution < 1.29 is 15.0 Å². The Morgan fingerprint density at radius 3 is 3.00 bits per heavy atom. The lowest BCUT2D eigenvalue weighted by Gasteiger charge is -2.03. The molecule has 0 aliphatic carbocycles. The molecule has 0 fully saturated rings. The van der Waals surface area contributed by atoms with E-state index in [9.17, 15) is 4.79 Å². The van der Waals surface area contributed by atoms with E-state index >= 15 is 0 Å². The zero-order valence-corrected chi connectivity index (χ0v) is 9.12. The maximum Gasteiger partial charge on any atom is 0.291 e. The van der Waals surface area contributed by atoms with Crippen LogP contribution in [0.3, 0.4) is 0 Å². The van der Waals surface area contributed by atoms with Gasteiger partial charge in [-0.3, -0.25) is 4.79 Å². The Morgan fingerprint density at radius 1 is 1.53 bits per heavy atom. The molecular weight excluding hydrogens is 192 g/mol. The molecule has 0 radical (unpaired) electrons. The number of nitrogens with one attached hydrogen (secondary N) is 1. The average Bonchev–Trinajstić information content (AvgIpc) is 2.23. The van der Waals surface area contributed by atoms with Gasteiger partial charge in [-0.25, -0.2) is 5.43 Å². The van der Waals surface area contributed by atoms with Crippen molar-refractivity contribution in [3.05, 3.63) is 29.8 Å². The Bertz CT molecular complexity index is 326. The summed E-state index contributed by atoms with van der Waals surface area (Å²) < 4.78 is 4.98. The zero-order chi connectivity index (χ0) is 11.1. The van der Waals surface area contributed by atoms with Crippen LogP contribution in [0.4, 0.5) is 5.69 Å². The topological polar surface area (TPSA) is 54.9 Å². The summed E-state index contributed by atoms with van der Waals surface area (Å²) in [6.45, 7) is 4.54. The van der Waals surface area contributed by atoms with Crippen molar-refractivity contribution in [3.8, 4) is 0 Å². The molecule has 0 atom stereocenters. The van der Waals surface area contributed by atoms with Gasteiger partial charge >= 0.3 is 0 Å². The largest absolute Gasteiger partial charge is 0.372 e. The number of hydrogen-bond acceptors (Lipinski definition) is 2. The molecule has 0 saturated carbocycles. The summed E-state index contributed by atoms with van der Waals surface area (Å²) in [5, 5.41) is 0. The Hall–Kier alpha value is -1.39. The molecule has 4 nitrogen and oxygen atoms in total. The molecule has 1 amide bonds. The van der Waals surface area contributed by atoms with E-state index in [4.69, 9.17) is 4.74 Å². The molecule has 0 heterocycles. The molecular formula is C11H17N2O2+. The predicted molar refractivity (Wildman–Crippen MR) is 57.4 cm³/mol. The molecule has 0 aromatic heterocycles. The monoisotopic (exact) mass is 209 g/mol. The molecule has 82 valence electrons. The molecule has 3 N–H and O–H groups in total. The van der Waals surface area contributed by atoms with Crippen LogP contribution < -0.4 is 10.9 Å². The molecule has 15 heavy (non-hydrogen) atoms. The molecule has 0 aliphatic rings. The minimum absolute atomic E-state index is 0.110. The van der Waals surface area contributed by atoms with E-state index in [-0.39, 0.29) is 12.5 Å². The van der Waals surface area contributed by atoms with Gasteiger partial charge in [0.15, 0.2) is 5.69 Å². The number of benzene rings is 1. The van der Waals surface area contributed by atoms with Gasteiger partial charge in [-0.05, 0) is 19.4 Å². The Kier molecular flexibility index (Phi) is 4.80. The number of rotatable bonds is 5. The molecule has 0 spiro atoms. The van der Waals surface area contributed by atoms with Crippen molar-refractivity contribution in [2.75, 3.05) is 13.2 Å². The summed E-state index contributed by atoms with van der Waals surface area (Å²) in [5.41, 5.74) is 6.52. The fraction of sp³-hybridized carbons (Fsp3) is 0.364. The lowest BCUT2D eigenvalue weighted by Crippen LogP contribution is -2.89. The van der Waals surface area contributed by atoms with Crippen LogP contribution in [0, 0.1) is 6.92 Å². The fourth-order valence-corrected chi connectivity index (χ4v) is 1.16. The smallest absolute Gasteiger partial charge is 0.291 e. The molecule has 0 saturated heterocycles. The Morgan fingerprint density at radius 2 is 2.33 bits per heavy atom. The van der Waals surface area contributed by atoms with Crippen LogP contribution in [-0.4, -0.2) is 19.1 Å². The highest BCUT2D eigenvalue weighted by Gasteiger charge is 2.03. The van der Waals surface area contributed by atoms with Crippen LogP contribution in [0.1, 0.15) is 12.5 Å². The fourth-order valence-electron chi connectivity index (χ4n) is 1.16. The summed E-state index contributed by atoms with van der Waals surface area (Å²) in [6, 6.07) is 7.91. The molecule has 1 rings (SSSR count). The van der Waals surface area contributed by atoms with Crippen molar-refractivity contribution in [1.29, 1.82) is 0 Å². The van der Waals surface area contributed by atoms with Gasteiger partial charge in [-0.15, -0.1) is 0 Å². The van der Waals surface area contributed by atoms with Gasteiger partial charge in [-0.2, -0.15) is 5.43 Å². The second-order valence-electron chi connectivity index (χ2n) is 3.26. The first-order chi connectivity index (χ1) is 7.22. The highest BCUT2D eigenvalue weighted by atomic mass is 16.5. The highest BCUT2D eigenvalue weighted by Crippen LogP contribution is 2.02. The summed E-state index contributed by atoms with van der Waals surface area (Å²) >= 11 is 0. The van der Waals surface area contributed by atoms with Crippen molar-refractivity contribution in [3.63, 3.8) is 0 Å². The molecule has 4 heteroatoms. The van der Waals surface area contributed by atoms with Gasteiger partial charge in [-0.1, -0.05) is 12.1 Å². The first-order valence-corrected chi connectivity index (χ1v) is 4.99. The minimum atomic E-state index is -0.127. The third-order valence-electron chi connectivity index (χ3n) is 1.88. The molecule has 1 aromatic carbocycles. The van der Waals surface area contributed by atoms with E-state index in [0.717, 1.165) is 5.69 Å². The summed E-state index contributed by atoms with van der Waals surface area (Å²) in [4.78, 5) is 11.2. The predicted octanol–water partition coefficient (Wildman–Crippen LogP) is 0.258. The number of hydrogen-bond donors (Lipinski definition) is 2. The second-order valence-corrected chi connectivity index (χ2v) is 3.26. The molecule has 0 bridgehead atoms. The van der Waals surface area contributed by atoms with E-state index in [1.54, 1.807) is 5.43 Å².